The lowest BCUT2D eigenvalue weighted by Gasteiger charge is -2.21. The summed E-state index contributed by atoms with van der Waals surface area (Å²) in [5.74, 6) is -0.201. The summed E-state index contributed by atoms with van der Waals surface area (Å²) >= 11 is 0. The first-order chi connectivity index (χ1) is 16.6. The number of aromatic nitrogens is 2. The Morgan fingerprint density at radius 1 is 1.06 bits per heavy atom. The molecule has 0 unspecified atom stereocenters. The van der Waals surface area contributed by atoms with Crippen molar-refractivity contribution in [1.82, 2.24) is 9.13 Å². The Labute approximate surface area is 201 Å². The van der Waals surface area contributed by atoms with E-state index in [-0.39, 0.29) is 11.3 Å². The number of hydrogen-bond acceptors (Lipinski definition) is 2. The van der Waals surface area contributed by atoms with Gasteiger partial charge in [-0.3, -0.25) is 9.13 Å². The van der Waals surface area contributed by atoms with Crippen molar-refractivity contribution >= 4 is 12.0 Å². The quantitative estimate of drug-likeness (QED) is 0.400. The number of hydrogen-bond donors (Lipinski definition) is 1. The van der Waals surface area contributed by atoms with Crippen molar-refractivity contribution in [3.05, 3.63) is 88.1 Å². The lowest BCUT2D eigenvalue weighted by atomic mass is 9.87. The molecule has 0 atom stereocenters. The number of allylic oxidation sites excluding steroid dienone is 1. The number of aryl methyl sites for hydroxylation is 1. The van der Waals surface area contributed by atoms with E-state index in [9.17, 15) is 14.7 Å². The van der Waals surface area contributed by atoms with Crippen LogP contribution in [0.25, 0.3) is 17.2 Å². The number of nitrogens with zero attached hydrogens (tertiary/aromatic N) is 2. The van der Waals surface area contributed by atoms with Gasteiger partial charge in [0.05, 0.1) is 17.8 Å². The monoisotopic (exact) mass is 458 g/mol. The zero-order chi connectivity index (χ0) is 23.9. The average Bonchev–Trinajstić information content (AvgIpc) is 3.16. The van der Waals surface area contributed by atoms with Crippen molar-refractivity contribution < 1.29 is 9.90 Å². The molecule has 5 nitrogen and oxygen atoms in total. The van der Waals surface area contributed by atoms with E-state index in [0.717, 1.165) is 42.1 Å². The standard InChI is InChI=1S/C29H34N2O3/c1-2-3-11-25-21-30(19-18-22-9-5-4-6-10-22)29(34)31(25)20-23-14-16-24(17-15-23)26-12-7-8-13-27(26)28(32)33/h3,7-8,11-17,21-22H,2,4-6,9-10,18-20H2,1H3,(H,32,33)/b11-3+. The molecule has 5 heteroatoms. The fraction of sp³-hybridized carbons (Fsp3) is 0.379. The highest BCUT2D eigenvalue weighted by Crippen LogP contribution is 2.27. The minimum Gasteiger partial charge on any atom is -0.478 e. The number of rotatable bonds is 9. The van der Waals surface area contributed by atoms with Crippen LogP contribution >= 0.6 is 0 Å². The molecule has 178 valence electrons. The van der Waals surface area contributed by atoms with Crippen LogP contribution in [0.3, 0.4) is 0 Å². The molecular weight excluding hydrogens is 424 g/mol. The molecule has 4 rings (SSSR count). The van der Waals surface area contributed by atoms with Crippen LogP contribution in [-0.4, -0.2) is 20.2 Å². The van der Waals surface area contributed by atoms with Crippen LogP contribution in [0.5, 0.6) is 0 Å². The van der Waals surface area contributed by atoms with Crippen molar-refractivity contribution in [3.63, 3.8) is 0 Å². The summed E-state index contributed by atoms with van der Waals surface area (Å²) in [7, 11) is 0. The number of carbonyl (C=O) groups is 1. The lowest BCUT2D eigenvalue weighted by molar-refractivity contribution is 0.0697. The van der Waals surface area contributed by atoms with Gasteiger partial charge in [0.1, 0.15) is 0 Å². The number of imidazole rings is 1. The van der Waals surface area contributed by atoms with E-state index in [1.807, 2.05) is 57.8 Å². The molecule has 1 saturated carbocycles. The van der Waals surface area contributed by atoms with E-state index in [0.29, 0.717) is 12.1 Å². The van der Waals surface area contributed by atoms with Gasteiger partial charge < -0.3 is 5.11 Å². The molecule has 0 spiro atoms. The van der Waals surface area contributed by atoms with Crippen LogP contribution in [0.1, 0.15) is 73.5 Å². The zero-order valence-electron chi connectivity index (χ0n) is 20.0. The van der Waals surface area contributed by atoms with E-state index < -0.39 is 5.97 Å². The molecule has 1 N–H and O–H groups in total. The molecule has 2 aromatic carbocycles. The maximum Gasteiger partial charge on any atom is 0.336 e. The Hall–Kier alpha value is -3.34. The van der Waals surface area contributed by atoms with Crippen molar-refractivity contribution in [3.8, 4) is 11.1 Å². The predicted octanol–water partition coefficient (Wildman–Crippen LogP) is 6.46. The second-order valence-electron chi connectivity index (χ2n) is 9.27. The molecule has 1 aromatic heterocycles. The Balaban J connectivity index is 1.55. The summed E-state index contributed by atoms with van der Waals surface area (Å²) in [4.78, 5) is 24.8. The first-order valence-electron chi connectivity index (χ1n) is 12.4. The smallest absolute Gasteiger partial charge is 0.336 e. The Kier molecular flexibility index (Phi) is 7.84. The molecule has 0 bridgehead atoms. The fourth-order valence-corrected chi connectivity index (χ4v) is 4.93. The highest BCUT2D eigenvalue weighted by atomic mass is 16.4. The van der Waals surface area contributed by atoms with Gasteiger partial charge in [-0.15, -0.1) is 0 Å². The van der Waals surface area contributed by atoms with Gasteiger partial charge in [-0.25, -0.2) is 9.59 Å². The van der Waals surface area contributed by atoms with E-state index >= 15 is 0 Å². The van der Waals surface area contributed by atoms with Gasteiger partial charge in [-0.05, 0) is 47.6 Å². The van der Waals surface area contributed by atoms with Crippen molar-refractivity contribution in [2.45, 2.75) is 65.0 Å². The molecule has 1 fully saturated rings. The molecule has 0 aliphatic heterocycles. The summed E-state index contributed by atoms with van der Waals surface area (Å²) in [6.45, 7) is 3.35. The number of aromatic carboxylic acids is 1. The van der Waals surface area contributed by atoms with E-state index in [1.54, 1.807) is 12.1 Å². The molecular formula is C29H34N2O3. The molecule has 1 aliphatic rings. The summed E-state index contributed by atoms with van der Waals surface area (Å²) in [6.07, 6.45) is 14.7. The number of benzene rings is 2. The maximum absolute atomic E-state index is 13.3. The van der Waals surface area contributed by atoms with E-state index in [1.165, 1.54) is 32.1 Å². The van der Waals surface area contributed by atoms with Crippen molar-refractivity contribution in [1.29, 1.82) is 0 Å². The first-order valence-corrected chi connectivity index (χ1v) is 12.4. The Morgan fingerprint density at radius 2 is 1.79 bits per heavy atom. The van der Waals surface area contributed by atoms with Gasteiger partial charge in [-0.2, -0.15) is 0 Å². The average molecular weight is 459 g/mol. The van der Waals surface area contributed by atoms with Crippen molar-refractivity contribution in [2.75, 3.05) is 0 Å². The first kappa shape index (κ1) is 23.8. The third-order valence-electron chi connectivity index (χ3n) is 6.87. The van der Waals surface area contributed by atoms with E-state index in [4.69, 9.17) is 0 Å². The minimum absolute atomic E-state index is 0.0341. The van der Waals surface area contributed by atoms with Crippen LogP contribution in [-0.2, 0) is 13.1 Å². The van der Waals surface area contributed by atoms with Gasteiger partial charge in [0.25, 0.3) is 0 Å². The molecule has 34 heavy (non-hydrogen) atoms. The molecule has 0 amide bonds. The highest BCUT2D eigenvalue weighted by molar-refractivity contribution is 5.95. The summed E-state index contributed by atoms with van der Waals surface area (Å²) in [6, 6.07) is 14.8. The van der Waals surface area contributed by atoms with E-state index in [2.05, 4.69) is 13.0 Å². The largest absolute Gasteiger partial charge is 0.478 e. The van der Waals surface area contributed by atoms with Gasteiger partial charge in [0, 0.05) is 12.7 Å². The van der Waals surface area contributed by atoms with Crippen LogP contribution < -0.4 is 5.69 Å². The Morgan fingerprint density at radius 3 is 2.50 bits per heavy atom. The Bertz CT molecular complexity index is 1190. The van der Waals surface area contributed by atoms with Crippen LogP contribution in [0.2, 0.25) is 0 Å². The second kappa shape index (κ2) is 11.2. The summed E-state index contributed by atoms with van der Waals surface area (Å²) in [5, 5.41) is 9.49. The maximum atomic E-state index is 13.3. The second-order valence-corrected chi connectivity index (χ2v) is 9.27. The van der Waals surface area contributed by atoms with Crippen molar-refractivity contribution in [2.24, 2.45) is 5.92 Å². The number of carboxylic acid groups (broad SMARTS) is 1. The van der Waals surface area contributed by atoms with Crippen LogP contribution in [0, 0.1) is 5.92 Å². The normalized spacial score (nSPS) is 14.6. The van der Waals surface area contributed by atoms with Gasteiger partial charge in [0.2, 0.25) is 0 Å². The SMILES string of the molecule is CC/C=C/c1cn(CCC2CCCCC2)c(=O)n1Cc1ccc(-c2ccccc2C(=O)O)cc1. The topological polar surface area (TPSA) is 64.2 Å². The molecule has 3 aromatic rings. The minimum atomic E-state index is -0.937. The molecule has 1 aliphatic carbocycles. The summed E-state index contributed by atoms with van der Waals surface area (Å²) in [5.41, 5.74) is 3.80. The highest BCUT2D eigenvalue weighted by Gasteiger charge is 2.16. The van der Waals surface area contributed by atoms with Crippen LogP contribution in [0.15, 0.2) is 65.6 Å². The third-order valence-corrected chi connectivity index (χ3v) is 6.87. The summed E-state index contributed by atoms with van der Waals surface area (Å²) < 4.78 is 3.72. The zero-order valence-corrected chi connectivity index (χ0v) is 20.0. The fourth-order valence-electron chi connectivity index (χ4n) is 4.93. The van der Waals surface area contributed by atoms with Gasteiger partial charge in [0.15, 0.2) is 0 Å². The molecule has 0 saturated heterocycles. The van der Waals surface area contributed by atoms with Gasteiger partial charge in [-0.1, -0.05) is 87.6 Å². The molecule has 1 heterocycles. The third kappa shape index (κ3) is 5.58. The predicted molar refractivity (Wildman–Crippen MR) is 137 cm³/mol. The molecule has 0 radical (unpaired) electrons. The van der Waals surface area contributed by atoms with Crippen LogP contribution in [0.4, 0.5) is 0 Å². The van der Waals surface area contributed by atoms with Gasteiger partial charge >= 0.3 is 11.7 Å². The lowest BCUT2D eigenvalue weighted by Crippen LogP contribution is -2.26. The number of carboxylic acids is 1.